The van der Waals surface area contributed by atoms with E-state index in [0.29, 0.717) is 19.8 Å². The molecule has 0 saturated carbocycles. The van der Waals surface area contributed by atoms with Crippen LogP contribution in [-0.2, 0) is 17.8 Å². The summed E-state index contributed by atoms with van der Waals surface area (Å²) in [4.78, 5) is 4.24. The van der Waals surface area contributed by atoms with E-state index in [2.05, 4.69) is 33.8 Å². The molecule has 5 nitrogen and oxygen atoms in total. The van der Waals surface area contributed by atoms with Gasteiger partial charge in [0.2, 0.25) is 0 Å². The Bertz CT molecular complexity index is 663. The first-order valence-corrected chi connectivity index (χ1v) is 8.66. The minimum atomic E-state index is 0.144. The lowest BCUT2D eigenvalue weighted by molar-refractivity contribution is 0.125. The number of hydrogen-bond acceptors (Lipinski definition) is 3. The molecule has 2 aromatic rings. The van der Waals surface area contributed by atoms with Crippen LogP contribution < -0.4 is 15.4 Å². The van der Waals surface area contributed by atoms with Crippen LogP contribution in [0.4, 0.5) is 0 Å². The van der Waals surface area contributed by atoms with Crippen LogP contribution >= 0.6 is 0 Å². The van der Waals surface area contributed by atoms with Crippen molar-refractivity contribution >= 4 is 5.96 Å². The summed E-state index contributed by atoms with van der Waals surface area (Å²) < 4.78 is 11.6. The molecule has 3 rings (SSSR count). The summed E-state index contributed by atoms with van der Waals surface area (Å²) in [7, 11) is 1.77. The number of guanidine groups is 1. The SMILES string of the molecule is CN=C(NCCOCc1ccccc1)NCC1Cc2ccccc2O1. The molecule has 5 heteroatoms. The summed E-state index contributed by atoms with van der Waals surface area (Å²) in [6, 6.07) is 18.4. The molecule has 1 heterocycles. The fraction of sp³-hybridized carbons (Fsp3) is 0.350. The second kappa shape index (κ2) is 9.08. The molecule has 0 fully saturated rings. The van der Waals surface area contributed by atoms with Gasteiger partial charge in [-0.1, -0.05) is 48.5 Å². The standard InChI is InChI=1S/C20H25N3O2/c1-21-20(22-11-12-24-15-16-7-3-2-4-8-16)23-14-18-13-17-9-5-6-10-19(17)25-18/h2-10,18H,11-15H2,1H3,(H2,21,22,23). The highest BCUT2D eigenvalue weighted by Gasteiger charge is 2.22. The molecule has 132 valence electrons. The van der Waals surface area contributed by atoms with Crippen LogP contribution in [0.5, 0.6) is 5.75 Å². The van der Waals surface area contributed by atoms with Crippen molar-refractivity contribution in [3.05, 3.63) is 65.7 Å². The predicted molar refractivity (Wildman–Crippen MR) is 100 cm³/mol. The second-order valence-corrected chi connectivity index (χ2v) is 5.97. The molecule has 0 aliphatic carbocycles. The molecule has 0 bridgehead atoms. The fourth-order valence-corrected chi connectivity index (χ4v) is 2.80. The van der Waals surface area contributed by atoms with Gasteiger partial charge in [-0.3, -0.25) is 4.99 Å². The summed E-state index contributed by atoms with van der Waals surface area (Å²) in [5, 5.41) is 6.57. The highest BCUT2D eigenvalue weighted by Crippen LogP contribution is 2.27. The number of nitrogens with zero attached hydrogens (tertiary/aromatic N) is 1. The number of aliphatic imine (C=N–C) groups is 1. The Balaban J connectivity index is 1.31. The number of benzene rings is 2. The van der Waals surface area contributed by atoms with E-state index in [1.165, 1.54) is 11.1 Å². The second-order valence-electron chi connectivity index (χ2n) is 5.97. The van der Waals surface area contributed by atoms with Gasteiger partial charge in [-0.15, -0.1) is 0 Å². The topological polar surface area (TPSA) is 54.9 Å². The molecule has 25 heavy (non-hydrogen) atoms. The van der Waals surface area contributed by atoms with Crippen molar-refractivity contribution in [1.82, 2.24) is 10.6 Å². The van der Waals surface area contributed by atoms with E-state index >= 15 is 0 Å². The first kappa shape index (κ1) is 17.3. The number of fused-ring (bicyclic) bond motifs is 1. The third-order valence-corrected chi connectivity index (χ3v) is 4.09. The minimum absolute atomic E-state index is 0.144. The van der Waals surface area contributed by atoms with Crippen LogP contribution in [0.2, 0.25) is 0 Å². The maximum atomic E-state index is 5.92. The zero-order chi connectivity index (χ0) is 17.3. The maximum Gasteiger partial charge on any atom is 0.191 e. The van der Waals surface area contributed by atoms with Gasteiger partial charge < -0.3 is 20.1 Å². The Morgan fingerprint density at radius 1 is 1.12 bits per heavy atom. The zero-order valence-electron chi connectivity index (χ0n) is 14.6. The minimum Gasteiger partial charge on any atom is -0.488 e. The van der Waals surface area contributed by atoms with Crippen LogP contribution in [0, 0.1) is 0 Å². The third-order valence-electron chi connectivity index (χ3n) is 4.09. The van der Waals surface area contributed by atoms with Crippen molar-refractivity contribution in [3.8, 4) is 5.75 Å². The number of para-hydroxylation sites is 1. The van der Waals surface area contributed by atoms with Crippen molar-refractivity contribution < 1.29 is 9.47 Å². The van der Waals surface area contributed by atoms with Gasteiger partial charge in [-0.25, -0.2) is 0 Å². The predicted octanol–water partition coefficient (Wildman–Crippen LogP) is 2.37. The summed E-state index contributed by atoms with van der Waals surface area (Å²) in [5.41, 5.74) is 2.45. The van der Waals surface area contributed by atoms with Crippen LogP contribution in [0.25, 0.3) is 0 Å². The molecule has 2 N–H and O–H groups in total. The largest absolute Gasteiger partial charge is 0.488 e. The van der Waals surface area contributed by atoms with Gasteiger partial charge in [-0.2, -0.15) is 0 Å². The van der Waals surface area contributed by atoms with Gasteiger partial charge in [0.1, 0.15) is 11.9 Å². The van der Waals surface area contributed by atoms with E-state index in [1.807, 2.05) is 36.4 Å². The lowest BCUT2D eigenvalue weighted by atomic mass is 10.1. The molecular formula is C20H25N3O2. The Kier molecular flexibility index (Phi) is 6.29. The number of rotatable bonds is 7. The van der Waals surface area contributed by atoms with Gasteiger partial charge in [-0.05, 0) is 17.2 Å². The molecule has 1 aliphatic rings. The van der Waals surface area contributed by atoms with Crippen LogP contribution in [0.3, 0.4) is 0 Å². The fourth-order valence-electron chi connectivity index (χ4n) is 2.80. The van der Waals surface area contributed by atoms with E-state index in [0.717, 1.165) is 24.7 Å². The Morgan fingerprint density at radius 2 is 1.92 bits per heavy atom. The molecular weight excluding hydrogens is 314 g/mol. The van der Waals surface area contributed by atoms with Crippen LogP contribution in [0.1, 0.15) is 11.1 Å². The molecule has 1 aliphatic heterocycles. The third kappa shape index (κ3) is 5.22. The quantitative estimate of drug-likeness (QED) is 0.462. The molecule has 0 aromatic heterocycles. The maximum absolute atomic E-state index is 5.92. The van der Waals surface area contributed by atoms with Crippen LogP contribution in [0.15, 0.2) is 59.6 Å². The summed E-state index contributed by atoms with van der Waals surface area (Å²) >= 11 is 0. The molecule has 0 spiro atoms. The van der Waals surface area contributed by atoms with Crippen molar-refractivity contribution in [1.29, 1.82) is 0 Å². The van der Waals surface area contributed by atoms with E-state index in [9.17, 15) is 0 Å². The molecule has 2 aromatic carbocycles. The number of ether oxygens (including phenoxy) is 2. The lowest BCUT2D eigenvalue weighted by Gasteiger charge is -2.15. The van der Waals surface area contributed by atoms with Gasteiger partial charge in [0, 0.05) is 20.0 Å². The average Bonchev–Trinajstić information content (AvgIpc) is 3.08. The summed E-state index contributed by atoms with van der Waals surface area (Å²) in [5.74, 6) is 1.76. The van der Waals surface area contributed by atoms with E-state index < -0.39 is 0 Å². The van der Waals surface area contributed by atoms with Crippen molar-refractivity contribution in [3.63, 3.8) is 0 Å². The van der Waals surface area contributed by atoms with Crippen molar-refractivity contribution in [2.75, 3.05) is 26.7 Å². The van der Waals surface area contributed by atoms with E-state index in [1.54, 1.807) is 7.05 Å². The van der Waals surface area contributed by atoms with Crippen molar-refractivity contribution in [2.24, 2.45) is 4.99 Å². The number of nitrogens with one attached hydrogen (secondary N) is 2. The Morgan fingerprint density at radius 3 is 2.72 bits per heavy atom. The van der Waals surface area contributed by atoms with Crippen LogP contribution in [-0.4, -0.2) is 38.8 Å². The number of hydrogen-bond donors (Lipinski definition) is 2. The van der Waals surface area contributed by atoms with E-state index in [4.69, 9.17) is 9.47 Å². The first-order valence-electron chi connectivity index (χ1n) is 8.66. The van der Waals surface area contributed by atoms with Crippen molar-refractivity contribution in [2.45, 2.75) is 19.1 Å². The summed E-state index contributed by atoms with van der Waals surface area (Å²) in [6.45, 7) is 2.68. The highest BCUT2D eigenvalue weighted by atomic mass is 16.5. The summed E-state index contributed by atoms with van der Waals surface area (Å²) in [6.07, 6.45) is 1.07. The Hall–Kier alpha value is -2.53. The molecule has 0 amide bonds. The molecule has 0 saturated heterocycles. The molecule has 1 unspecified atom stereocenters. The average molecular weight is 339 g/mol. The monoisotopic (exact) mass is 339 g/mol. The zero-order valence-corrected chi connectivity index (χ0v) is 14.6. The molecule has 0 radical (unpaired) electrons. The van der Waals surface area contributed by atoms with E-state index in [-0.39, 0.29) is 6.10 Å². The van der Waals surface area contributed by atoms with Gasteiger partial charge in [0.25, 0.3) is 0 Å². The molecule has 1 atom stereocenters. The first-order chi connectivity index (χ1) is 12.3. The van der Waals surface area contributed by atoms with Gasteiger partial charge >= 0.3 is 0 Å². The Labute approximate surface area is 149 Å². The smallest absolute Gasteiger partial charge is 0.191 e. The highest BCUT2D eigenvalue weighted by molar-refractivity contribution is 5.79. The normalized spacial score (nSPS) is 16.2. The van der Waals surface area contributed by atoms with Gasteiger partial charge in [0.05, 0.1) is 19.8 Å². The lowest BCUT2D eigenvalue weighted by Crippen LogP contribution is -2.43. The van der Waals surface area contributed by atoms with Gasteiger partial charge in [0.15, 0.2) is 5.96 Å².